The molecule has 2 aliphatic carbocycles. The van der Waals surface area contributed by atoms with Crippen molar-refractivity contribution < 1.29 is 50.7 Å². The van der Waals surface area contributed by atoms with Gasteiger partial charge in [0.1, 0.15) is 17.0 Å². The van der Waals surface area contributed by atoms with Crippen LogP contribution >= 0.6 is 23.2 Å². The number of aromatic hydroxyl groups is 1. The minimum Gasteiger partial charge on any atom is -0.508 e. The van der Waals surface area contributed by atoms with Gasteiger partial charge in [0, 0.05) is 17.0 Å². The van der Waals surface area contributed by atoms with Crippen molar-refractivity contribution in [2.24, 2.45) is 17.8 Å². The third-order valence-corrected chi connectivity index (χ3v) is 12.5. The average Bonchev–Trinajstić information content (AvgIpc) is 3.77. The molecule has 3 heterocycles. The molecule has 2 aliphatic heterocycles. The number of fused-ring (bicyclic) bond motifs is 5. The Kier molecular flexibility index (Phi) is 7.63. The fourth-order valence-corrected chi connectivity index (χ4v) is 9.57. The van der Waals surface area contributed by atoms with E-state index in [2.05, 4.69) is 4.98 Å². The molecule has 5 aromatic rings. The number of benzene rings is 4. The standard InChI is InChI=1S/C39H22Cl2F5N3O6/c40-38-15-21-18(13-14-20-25(21)35(52)48(34(20)51)17-11-9-16(10-12-17)33-47-22-6-2-4-8-24(22)55-33)26(19-5-1-3-7-23(19)50)39(38,41)37(54)49(36(38)53)32-30(45)28(43)27(42)29(44)31(32)46/h1-13,20-21,25-26,50H,14-15H2/t20-,21+,25-,26+,38+,39-/m0/s1. The summed E-state index contributed by atoms with van der Waals surface area (Å²) in [6.07, 6.45) is 0.816. The van der Waals surface area contributed by atoms with Crippen LogP contribution in [0.5, 0.6) is 5.75 Å². The number of allylic oxidation sites excluding steroid dienone is 2. The van der Waals surface area contributed by atoms with Crippen molar-refractivity contribution in [2.75, 3.05) is 9.80 Å². The van der Waals surface area contributed by atoms with E-state index < -0.39 is 104 Å². The molecule has 0 spiro atoms. The number of halogens is 7. The van der Waals surface area contributed by atoms with Gasteiger partial charge in [-0.2, -0.15) is 0 Å². The molecule has 2 saturated heterocycles. The van der Waals surface area contributed by atoms with Crippen molar-refractivity contribution in [3.8, 4) is 17.2 Å². The van der Waals surface area contributed by atoms with Crippen LogP contribution < -0.4 is 9.80 Å². The molecule has 0 unspecified atom stereocenters. The number of aromatic nitrogens is 1. The van der Waals surface area contributed by atoms with E-state index in [0.29, 0.717) is 22.6 Å². The van der Waals surface area contributed by atoms with Crippen molar-refractivity contribution in [3.63, 3.8) is 0 Å². The molecule has 4 amide bonds. The molecule has 3 fully saturated rings. The molecule has 1 saturated carbocycles. The highest BCUT2D eigenvalue weighted by Gasteiger charge is 2.77. The molecule has 9 nitrogen and oxygen atoms in total. The van der Waals surface area contributed by atoms with Crippen LogP contribution in [-0.2, 0) is 19.2 Å². The van der Waals surface area contributed by atoms with Crippen LogP contribution in [0.2, 0.25) is 0 Å². The predicted molar refractivity (Wildman–Crippen MR) is 186 cm³/mol. The number of amides is 4. The van der Waals surface area contributed by atoms with E-state index in [1.807, 2.05) is 6.07 Å². The summed E-state index contributed by atoms with van der Waals surface area (Å²) in [5, 5.41) is 11.1. The van der Waals surface area contributed by atoms with E-state index in [0.717, 1.165) is 4.90 Å². The van der Waals surface area contributed by atoms with Gasteiger partial charge < -0.3 is 9.52 Å². The van der Waals surface area contributed by atoms with E-state index in [9.17, 15) is 37.5 Å². The van der Waals surface area contributed by atoms with Gasteiger partial charge in [0.2, 0.25) is 23.5 Å². The van der Waals surface area contributed by atoms with Gasteiger partial charge in [0.15, 0.2) is 38.6 Å². The highest BCUT2D eigenvalue weighted by Crippen LogP contribution is 2.66. The largest absolute Gasteiger partial charge is 0.508 e. The highest BCUT2D eigenvalue weighted by molar-refractivity contribution is 6.58. The number of hydrogen-bond acceptors (Lipinski definition) is 7. The first-order chi connectivity index (χ1) is 26.2. The number of hydrogen-bond donors (Lipinski definition) is 1. The third kappa shape index (κ3) is 4.55. The van der Waals surface area contributed by atoms with E-state index >= 15 is 8.78 Å². The van der Waals surface area contributed by atoms with Gasteiger partial charge in [-0.1, -0.05) is 42.0 Å². The molecule has 9 rings (SSSR count). The molecular formula is C39H22Cl2F5N3O6. The third-order valence-electron chi connectivity index (χ3n) is 11.1. The molecule has 1 aromatic heterocycles. The maximum absolute atomic E-state index is 15.3. The zero-order valence-corrected chi connectivity index (χ0v) is 29.2. The van der Waals surface area contributed by atoms with E-state index in [1.165, 1.54) is 36.4 Å². The zero-order chi connectivity index (χ0) is 38.9. The lowest BCUT2D eigenvalue weighted by Gasteiger charge is -2.50. The number of imide groups is 2. The number of carbonyl (C=O) groups excluding carboxylic acids is 4. The van der Waals surface area contributed by atoms with Crippen LogP contribution in [0.25, 0.3) is 22.6 Å². The fraction of sp³-hybridized carbons (Fsp3) is 0.205. The second kappa shape index (κ2) is 11.9. The minimum absolute atomic E-state index is 0.0611. The van der Waals surface area contributed by atoms with Gasteiger partial charge in [-0.05, 0) is 61.2 Å². The molecule has 16 heteroatoms. The summed E-state index contributed by atoms with van der Waals surface area (Å²) in [5.41, 5.74) is 0.198. The Hall–Kier alpha value is -5.60. The lowest BCUT2D eigenvalue weighted by Crippen LogP contribution is -2.60. The van der Waals surface area contributed by atoms with E-state index in [-0.39, 0.29) is 28.1 Å². The van der Waals surface area contributed by atoms with Crippen LogP contribution in [0.4, 0.5) is 33.3 Å². The number of alkyl halides is 2. The number of phenols is 1. The zero-order valence-electron chi connectivity index (χ0n) is 27.7. The molecular weight excluding hydrogens is 772 g/mol. The Labute approximate surface area is 316 Å². The Balaban J connectivity index is 1.14. The second-order valence-corrected chi connectivity index (χ2v) is 15.0. The summed E-state index contributed by atoms with van der Waals surface area (Å²) >= 11 is 14.2. The molecule has 0 radical (unpaired) electrons. The van der Waals surface area contributed by atoms with E-state index in [4.69, 9.17) is 27.6 Å². The van der Waals surface area contributed by atoms with Gasteiger partial charge in [-0.25, -0.2) is 31.8 Å². The summed E-state index contributed by atoms with van der Waals surface area (Å²) < 4.78 is 79.3. The van der Waals surface area contributed by atoms with Crippen molar-refractivity contribution in [2.45, 2.75) is 28.5 Å². The number of nitrogens with zero attached hydrogens (tertiary/aromatic N) is 3. The fourth-order valence-electron chi connectivity index (χ4n) is 8.65. The van der Waals surface area contributed by atoms with Crippen molar-refractivity contribution in [1.29, 1.82) is 0 Å². The van der Waals surface area contributed by atoms with Crippen LogP contribution in [0, 0.1) is 46.8 Å². The Bertz CT molecular complexity index is 2540. The van der Waals surface area contributed by atoms with Crippen LogP contribution in [0.1, 0.15) is 24.3 Å². The average molecular weight is 795 g/mol. The first-order valence-corrected chi connectivity index (χ1v) is 17.6. The number of oxazole rings is 1. The maximum atomic E-state index is 15.3. The molecule has 4 aliphatic rings. The lowest BCUT2D eigenvalue weighted by molar-refractivity contribution is -0.125. The van der Waals surface area contributed by atoms with Crippen molar-refractivity contribution in [3.05, 3.63) is 119 Å². The first kappa shape index (κ1) is 35.1. The van der Waals surface area contributed by atoms with Gasteiger partial charge in [-0.3, -0.25) is 24.1 Å². The topological polar surface area (TPSA) is 121 Å². The minimum atomic E-state index is -2.74. The first-order valence-electron chi connectivity index (χ1n) is 16.8. The number of anilines is 2. The summed E-state index contributed by atoms with van der Waals surface area (Å²) in [4.78, 5) is 56.9. The highest BCUT2D eigenvalue weighted by atomic mass is 35.5. The monoisotopic (exact) mass is 793 g/mol. The van der Waals surface area contributed by atoms with Crippen molar-refractivity contribution in [1.82, 2.24) is 4.98 Å². The molecule has 6 atom stereocenters. The molecule has 0 bridgehead atoms. The van der Waals surface area contributed by atoms with Gasteiger partial charge in [-0.15, -0.1) is 23.2 Å². The van der Waals surface area contributed by atoms with Crippen LogP contribution in [0.15, 0.2) is 88.9 Å². The number of carbonyl (C=O) groups is 4. The quantitative estimate of drug-likeness (QED) is 0.0496. The predicted octanol–water partition coefficient (Wildman–Crippen LogP) is 7.66. The number of phenolic OH excluding ortho intramolecular Hbond substituents is 1. The van der Waals surface area contributed by atoms with Crippen LogP contribution in [-0.4, -0.2) is 43.5 Å². The Morgan fingerprint density at radius 2 is 1.38 bits per heavy atom. The van der Waals surface area contributed by atoms with Crippen LogP contribution in [0.3, 0.4) is 0 Å². The molecule has 1 N–H and O–H groups in total. The van der Waals surface area contributed by atoms with Gasteiger partial charge in [0.05, 0.1) is 17.5 Å². The second-order valence-electron chi connectivity index (χ2n) is 13.8. The summed E-state index contributed by atoms with van der Waals surface area (Å²) in [6.45, 7) is 0. The number of rotatable bonds is 4. The lowest BCUT2D eigenvalue weighted by atomic mass is 9.56. The SMILES string of the molecule is O=C1[C@H]2[C@H](CC=C3[C@H]2C[C@@]2(Cl)C(=O)N(c4c(F)c(F)c(F)c(F)c4F)C(=O)[C@@]2(Cl)[C@H]3c2ccccc2O)C(=O)N1c1ccc(-c2nc3ccccc3o2)cc1. The molecule has 278 valence electrons. The smallest absolute Gasteiger partial charge is 0.258 e. The summed E-state index contributed by atoms with van der Waals surface area (Å²) in [7, 11) is 0. The Morgan fingerprint density at radius 3 is 2.05 bits per heavy atom. The molecule has 4 aromatic carbocycles. The van der Waals surface area contributed by atoms with Gasteiger partial charge >= 0.3 is 0 Å². The summed E-state index contributed by atoms with van der Waals surface area (Å²) in [5.74, 6) is -21.9. The van der Waals surface area contributed by atoms with Gasteiger partial charge in [0.25, 0.3) is 11.8 Å². The number of para-hydroxylation sites is 3. The Morgan fingerprint density at radius 1 is 0.745 bits per heavy atom. The van der Waals surface area contributed by atoms with E-state index in [1.54, 1.807) is 36.4 Å². The summed E-state index contributed by atoms with van der Waals surface area (Å²) in [6, 6.07) is 18.9. The molecule has 55 heavy (non-hydrogen) atoms. The normalized spacial score (nSPS) is 27.4. The van der Waals surface area contributed by atoms with Crippen molar-refractivity contribution >= 4 is 69.3 Å². The maximum Gasteiger partial charge on any atom is 0.258 e.